The average molecular weight is 428 g/mol. The van der Waals surface area contributed by atoms with Crippen molar-refractivity contribution in [3.05, 3.63) is 51.8 Å². The summed E-state index contributed by atoms with van der Waals surface area (Å²) in [4.78, 5) is 8.18. The zero-order chi connectivity index (χ0) is 18.4. The Morgan fingerprint density at radius 3 is 2.56 bits per heavy atom. The topological polar surface area (TPSA) is 70.1 Å². The van der Waals surface area contributed by atoms with Crippen molar-refractivity contribution in [2.45, 2.75) is 39.5 Å². The molecule has 0 radical (unpaired) electrons. The number of hydrogen-bond donors (Lipinski definition) is 3. The van der Waals surface area contributed by atoms with Crippen LogP contribution in [-0.2, 0) is 0 Å². The van der Waals surface area contributed by atoms with E-state index in [-0.39, 0.29) is 16.7 Å². The summed E-state index contributed by atoms with van der Waals surface area (Å²) in [6, 6.07) is 9.92. The molecule has 0 aliphatic carbocycles. The molecule has 5 nitrogen and oxygen atoms in total. The van der Waals surface area contributed by atoms with Crippen molar-refractivity contribution >= 4 is 33.3 Å². The zero-order valence-electron chi connectivity index (χ0n) is 14.6. The number of aliphatic hydroxyl groups excluding tert-OH is 1. The highest BCUT2D eigenvalue weighted by Crippen LogP contribution is 2.26. The van der Waals surface area contributed by atoms with Crippen molar-refractivity contribution in [1.82, 2.24) is 15.3 Å². The first kappa shape index (κ1) is 20.1. The Morgan fingerprint density at radius 1 is 1.24 bits per heavy atom. The summed E-state index contributed by atoms with van der Waals surface area (Å²) in [7, 11) is 0. The van der Waals surface area contributed by atoms with E-state index in [0.29, 0.717) is 18.8 Å². The molecule has 1 aromatic heterocycles. The van der Waals surface area contributed by atoms with Gasteiger partial charge in [-0.1, -0.05) is 51.1 Å². The number of nitrogens with one attached hydrogen (secondary N) is 2. The van der Waals surface area contributed by atoms with Crippen LogP contribution in [0.3, 0.4) is 0 Å². The summed E-state index contributed by atoms with van der Waals surface area (Å²) in [6.45, 7) is 6.84. The number of aliphatic hydroxyl groups is 1. The van der Waals surface area contributed by atoms with E-state index in [1.165, 1.54) is 0 Å². The SMILES string of the molecule is CC(C)(C)CC(O)NC[C@@H](Nc1nc(Cl)ncc1Br)c1ccccc1. The van der Waals surface area contributed by atoms with Crippen LogP contribution in [0.2, 0.25) is 5.28 Å². The van der Waals surface area contributed by atoms with Crippen molar-refractivity contribution in [3.8, 4) is 0 Å². The number of anilines is 1. The molecule has 0 fully saturated rings. The minimum absolute atomic E-state index is 0.0469. The molecule has 0 saturated carbocycles. The molecule has 0 aliphatic heterocycles. The first-order chi connectivity index (χ1) is 11.7. The summed E-state index contributed by atoms with van der Waals surface area (Å²) < 4.78 is 0.730. The third-order valence-electron chi connectivity index (χ3n) is 3.59. The molecule has 0 amide bonds. The van der Waals surface area contributed by atoms with Gasteiger partial charge in [-0.2, -0.15) is 4.98 Å². The molecule has 1 heterocycles. The molecular weight excluding hydrogens is 404 g/mol. The third-order valence-corrected chi connectivity index (χ3v) is 4.35. The molecule has 2 aromatic rings. The highest BCUT2D eigenvalue weighted by Gasteiger charge is 2.19. The highest BCUT2D eigenvalue weighted by molar-refractivity contribution is 9.10. The Labute approximate surface area is 162 Å². The number of rotatable bonds is 7. The minimum atomic E-state index is -0.578. The van der Waals surface area contributed by atoms with Gasteiger partial charge in [0.2, 0.25) is 5.28 Å². The molecular formula is C18H24BrClN4O. The van der Waals surface area contributed by atoms with Crippen LogP contribution in [0.4, 0.5) is 5.82 Å². The van der Waals surface area contributed by atoms with Gasteiger partial charge >= 0.3 is 0 Å². The molecule has 7 heteroatoms. The third kappa shape index (κ3) is 6.90. The lowest BCUT2D eigenvalue weighted by atomic mass is 9.91. The van der Waals surface area contributed by atoms with Crippen LogP contribution in [0.5, 0.6) is 0 Å². The smallest absolute Gasteiger partial charge is 0.224 e. The Morgan fingerprint density at radius 2 is 1.92 bits per heavy atom. The van der Waals surface area contributed by atoms with Crippen molar-refractivity contribution < 1.29 is 5.11 Å². The van der Waals surface area contributed by atoms with E-state index < -0.39 is 6.23 Å². The van der Waals surface area contributed by atoms with Crippen molar-refractivity contribution in [3.63, 3.8) is 0 Å². The van der Waals surface area contributed by atoms with E-state index in [1.54, 1.807) is 6.20 Å². The van der Waals surface area contributed by atoms with Crippen LogP contribution in [0.15, 0.2) is 41.0 Å². The minimum Gasteiger partial charge on any atom is -0.379 e. The van der Waals surface area contributed by atoms with E-state index >= 15 is 0 Å². The molecule has 2 atom stereocenters. The molecule has 3 N–H and O–H groups in total. The summed E-state index contributed by atoms with van der Waals surface area (Å²) in [5.74, 6) is 0.612. The molecule has 25 heavy (non-hydrogen) atoms. The quantitative estimate of drug-likeness (QED) is 0.451. The number of halogens is 2. The molecule has 0 saturated heterocycles. The van der Waals surface area contributed by atoms with E-state index in [1.807, 2.05) is 30.3 Å². The second kappa shape index (κ2) is 8.94. The fourth-order valence-electron chi connectivity index (χ4n) is 2.46. The fourth-order valence-corrected chi connectivity index (χ4v) is 2.89. The van der Waals surface area contributed by atoms with Crippen LogP contribution in [-0.4, -0.2) is 27.8 Å². The number of hydrogen-bond acceptors (Lipinski definition) is 5. The van der Waals surface area contributed by atoms with Gasteiger partial charge in [-0.3, -0.25) is 5.32 Å². The predicted octanol–water partition coefficient (Wildman–Crippen LogP) is 4.39. The lowest BCUT2D eigenvalue weighted by Crippen LogP contribution is -2.37. The summed E-state index contributed by atoms with van der Waals surface area (Å²) in [6.07, 6.45) is 1.70. The Hall–Kier alpha value is -1.21. The molecule has 0 aliphatic rings. The van der Waals surface area contributed by atoms with E-state index in [4.69, 9.17) is 11.6 Å². The van der Waals surface area contributed by atoms with E-state index in [2.05, 4.69) is 57.3 Å². The lowest BCUT2D eigenvalue weighted by molar-refractivity contribution is 0.0892. The van der Waals surface area contributed by atoms with Crippen LogP contribution in [0, 0.1) is 5.41 Å². The molecule has 1 unspecified atom stereocenters. The molecule has 2 rings (SSSR count). The van der Waals surface area contributed by atoms with Gasteiger partial charge in [0.15, 0.2) is 0 Å². The van der Waals surface area contributed by atoms with Gasteiger partial charge in [-0.05, 0) is 44.9 Å². The van der Waals surface area contributed by atoms with Gasteiger partial charge in [-0.25, -0.2) is 4.98 Å². The fraction of sp³-hybridized carbons (Fsp3) is 0.444. The zero-order valence-corrected chi connectivity index (χ0v) is 17.0. The molecule has 0 bridgehead atoms. The van der Waals surface area contributed by atoms with Crippen molar-refractivity contribution in [2.24, 2.45) is 5.41 Å². The summed E-state index contributed by atoms with van der Waals surface area (Å²) in [5, 5.41) is 17.0. The van der Waals surface area contributed by atoms with Gasteiger partial charge in [0.1, 0.15) is 12.0 Å². The normalized spacial score (nSPS) is 14.2. The second-order valence-corrected chi connectivity index (χ2v) is 8.32. The summed E-state index contributed by atoms with van der Waals surface area (Å²) >= 11 is 9.34. The van der Waals surface area contributed by atoms with Gasteiger partial charge in [0.25, 0.3) is 0 Å². The Bertz CT molecular complexity index is 679. The highest BCUT2D eigenvalue weighted by atomic mass is 79.9. The van der Waals surface area contributed by atoms with Crippen molar-refractivity contribution in [2.75, 3.05) is 11.9 Å². The number of aromatic nitrogens is 2. The van der Waals surface area contributed by atoms with E-state index in [9.17, 15) is 5.11 Å². The molecule has 0 spiro atoms. The Balaban J connectivity index is 2.13. The van der Waals surface area contributed by atoms with Crippen LogP contribution in [0.1, 0.15) is 38.8 Å². The summed E-state index contributed by atoms with van der Waals surface area (Å²) in [5.41, 5.74) is 1.13. The largest absolute Gasteiger partial charge is 0.379 e. The maximum Gasteiger partial charge on any atom is 0.224 e. The first-order valence-corrected chi connectivity index (χ1v) is 9.33. The predicted molar refractivity (Wildman–Crippen MR) is 106 cm³/mol. The monoisotopic (exact) mass is 426 g/mol. The van der Waals surface area contributed by atoms with Gasteiger partial charge in [0, 0.05) is 12.7 Å². The Kier molecular flexibility index (Phi) is 7.19. The molecule has 136 valence electrons. The van der Waals surface area contributed by atoms with Crippen LogP contribution >= 0.6 is 27.5 Å². The lowest BCUT2D eigenvalue weighted by Gasteiger charge is -2.26. The van der Waals surface area contributed by atoms with Gasteiger partial charge in [-0.15, -0.1) is 0 Å². The van der Waals surface area contributed by atoms with Gasteiger partial charge < -0.3 is 10.4 Å². The maximum absolute atomic E-state index is 10.3. The number of benzene rings is 1. The van der Waals surface area contributed by atoms with Crippen molar-refractivity contribution in [1.29, 1.82) is 0 Å². The van der Waals surface area contributed by atoms with Crippen LogP contribution in [0.25, 0.3) is 0 Å². The molecule has 1 aromatic carbocycles. The van der Waals surface area contributed by atoms with E-state index in [0.717, 1.165) is 10.0 Å². The second-order valence-electron chi connectivity index (χ2n) is 7.13. The average Bonchev–Trinajstić information content (AvgIpc) is 2.53. The van der Waals surface area contributed by atoms with Gasteiger partial charge in [0.05, 0.1) is 10.5 Å². The standard InChI is InChI=1S/C18H24BrClN4O/c1-18(2,3)9-15(25)21-11-14(12-7-5-4-6-8-12)23-16-13(19)10-22-17(20)24-16/h4-8,10,14-15,21,25H,9,11H2,1-3H3,(H,22,23,24)/t14-,15?/m1/s1. The maximum atomic E-state index is 10.3. The number of nitrogens with zero attached hydrogens (tertiary/aromatic N) is 2. The first-order valence-electron chi connectivity index (χ1n) is 8.15. The van der Waals surface area contributed by atoms with Crippen LogP contribution < -0.4 is 10.6 Å².